The molecule has 0 radical (unpaired) electrons. The molecular weight excluding hydrogens is 320 g/mol. The number of carbonyl (C=O) groups is 1. The highest BCUT2D eigenvalue weighted by molar-refractivity contribution is 5.73. The molecule has 2 saturated heterocycles. The van der Waals surface area contributed by atoms with Gasteiger partial charge < -0.3 is 19.7 Å². The third-order valence-electron chi connectivity index (χ3n) is 8.26. The van der Waals surface area contributed by atoms with Gasteiger partial charge in [-0.15, -0.1) is 0 Å². The highest BCUT2D eigenvalue weighted by Gasteiger charge is 2.71. The molecule has 4 rings (SSSR count). The van der Waals surface area contributed by atoms with E-state index in [9.17, 15) is 15.0 Å². The number of cyclic esters (lactones) is 1. The third-order valence-corrected chi connectivity index (χ3v) is 8.26. The van der Waals surface area contributed by atoms with Crippen molar-refractivity contribution in [1.82, 2.24) is 0 Å². The van der Waals surface area contributed by atoms with Crippen LogP contribution in [0.3, 0.4) is 0 Å². The number of rotatable bonds is 0. The van der Waals surface area contributed by atoms with Crippen LogP contribution in [0.2, 0.25) is 0 Å². The van der Waals surface area contributed by atoms with E-state index in [1.54, 1.807) is 0 Å². The Bertz CT molecular complexity index is 589. The molecule has 2 spiro atoms. The van der Waals surface area contributed by atoms with Gasteiger partial charge in [-0.25, -0.2) is 0 Å². The zero-order valence-electron chi connectivity index (χ0n) is 15.9. The lowest BCUT2D eigenvalue weighted by molar-refractivity contribution is -0.297. The van der Waals surface area contributed by atoms with Gasteiger partial charge in [-0.05, 0) is 31.1 Å². The minimum absolute atomic E-state index is 0.0203. The van der Waals surface area contributed by atoms with Crippen molar-refractivity contribution in [2.75, 3.05) is 6.61 Å². The molecule has 7 atom stereocenters. The van der Waals surface area contributed by atoms with Crippen molar-refractivity contribution in [3.63, 3.8) is 0 Å². The normalized spacial score (nSPS) is 54.7. The third kappa shape index (κ3) is 2.15. The minimum atomic E-state index is -0.802. The number of ether oxygens (including phenoxy) is 2. The van der Waals surface area contributed by atoms with Gasteiger partial charge >= 0.3 is 5.97 Å². The summed E-state index contributed by atoms with van der Waals surface area (Å²) in [6.07, 6.45) is 3.51. The fourth-order valence-electron chi connectivity index (χ4n) is 7.12. The molecule has 4 fully saturated rings. The fourth-order valence-corrected chi connectivity index (χ4v) is 7.12. The second-order valence-electron chi connectivity index (χ2n) is 10.0. The summed E-state index contributed by atoms with van der Waals surface area (Å²) < 4.78 is 12.0. The summed E-state index contributed by atoms with van der Waals surface area (Å²) in [5, 5.41) is 21.9. The highest BCUT2D eigenvalue weighted by atomic mass is 16.6. The van der Waals surface area contributed by atoms with Crippen molar-refractivity contribution in [2.45, 2.75) is 89.6 Å². The number of carbonyl (C=O) groups excluding carboxylic acids is 1. The van der Waals surface area contributed by atoms with Crippen molar-refractivity contribution < 1.29 is 24.5 Å². The van der Waals surface area contributed by atoms with Gasteiger partial charge in [0.15, 0.2) is 0 Å². The van der Waals surface area contributed by atoms with E-state index < -0.39 is 23.4 Å². The maximum atomic E-state index is 11.7. The number of fused-ring (bicyclic) bond motifs is 2. The van der Waals surface area contributed by atoms with Crippen LogP contribution in [0.25, 0.3) is 0 Å². The van der Waals surface area contributed by atoms with Gasteiger partial charge in [0, 0.05) is 17.3 Å². The van der Waals surface area contributed by atoms with Crippen molar-refractivity contribution >= 4 is 5.97 Å². The van der Waals surface area contributed by atoms with E-state index >= 15 is 0 Å². The molecule has 0 amide bonds. The molecule has 0 aromatic carbocycles. The molecule has 0 bridgehead atoms. The van der Waals surface area contributed by atoms with Gasteiger partial charge in [-0.3, -0.25) is 4.79 Å². The average molecular weight is 352 g/mol. The van der Waals surface area contributed by atoms with Crippen LogP contribution in [0.1, 0.15) is 66.2 Å². The van der Waals surface area contributed by atoms with E-state index in [2.05, 4.69) is 20.8 Å². The van der Waals surface area contributed by atoms with E-state index in [4.69, 9.17) is 9.47 Å². The van der Waals surface area contributed by atoms with Gasteiger partial charge in [0.2, 0.25) is 0 Å². The Kier molecular flexibility index (Phi) is 3.69. The molecule has 5 heteroatoms. The predicted molar refractivity (Wildman–Crippen MR) is 91.8 cm³/mol. The molecule has 25 heavy (non-hydrogen) atoms. The summed E-state index contributed by atoms with van der Waals surface area (Å²) in [4.78, 5) is 11.7. The van der Waals surface area contributed by atoms with Crippen LogP contribution in [-0.2, 0) is 14.3 Å². The number of aliphatic hydroxyl groups excluding tert-OH is 2. The van der Waals surface area contributed by atoms with E-state index in [1.165, 1.54) is 0 Å². The second kappa shape index (κ2) is 5.20. The zero-order chi connectivity index (χ0) is 18.3. The lowest BCUT2D eigenvalue weighted by Crippen LogP contribution is -2.71. The van der Waals surface area contributed by atoms with Gasteiger partial charge in [-0.2, -0.15) is 0 Å². The molecule has 2 N–H and O–H groups in total. The van der Waals surface area contributed by atoms with Crippen molar-refractivity contribution in [3.05, 3.63) is 0 Å². The summed E-state index contributed by atoms with van der Waals surface area (Å²) in [6.45, 7) is 9.00. The summed E-state index contributed by atoms with van der Waals surface area (Å²) >= 11 is 0. The largest absolute Gasteiger partial charge is 0.463 e. The van der Waals surface area contributed by atoms with E-state index in [0.29, 0.717) is 13.0 Å². The molecule has 2 aliphatic heterocycles. The molecule has 2 saturated carbocycles. The first kappa shape index (κ1) is 17.7. The number of hydrogen-bond acceptors (Lipinski definition) is 5. The van der Waals surface area contributed by atoms with Crippen LogP contribution in [-0.4, -0.2) is 46.2 Å². The Morgan fingerprint density at radius 3 is 2.40 bits per heavy atom. The van der Waals surface area contributed by atoms with Crippen LogP contribution in [0.4, 0.5) is 0 Å². The predicted octanol–water partition coefficient (Wildman–Crippen LogP) is 2.43. The average Bonchev–Trinajstić information content (AvgIpc) is 3.08. The highest BCUT2D eigenvalue weighted by Crippen LogP contribution is 2.68. The monoisotopic (exact) mass is 352 g/mol. The van der Waals surface area contributed by atoms with Gasteiger partial charge in [0.25, 0.3) is 0 Å². The van der Waals surface area contributed by atoms with Gasteiger partial charge in [-0.1, -0.05) is 34.1 Å². The van der Waals surface area contributed by atoms with E-state index in [0.717, 1.165) is 32.1 Å². The Morgan fingerprint density at radius 2 is 1.76 bits per heavy atom. The Labute approximate surface area is 150 Å². The SMILES string of the molecule is C[C@H]1[C@@H](O)[C@@H](O)[C@H]2C(C)(C)CCC[C@]2(C)[C@@]12CC[C@]1(COC(=O)C1)O2. The second-order valence-corrected chi connectivity index (χ2v) is 10.0. The fraction of sp³-hybridized carbons (Fsp3) is 0.950. The Hall–Kier alpha value is -0.650. The maximum absolute atomic E-state index is 11.7. The quantitative estimate of drug-likeness (QED) is 0.655. The van der Waals surface area contributed by atoms with Crippen LogP contribution in [0, 0.1) is 22.7 Å². The van der Waals surface area contributed by atoms with Crippen molar-refractivity contribution in [2.24, 2.45) is 22.7 Å². The molecule has 5 nitrogen and oxygen atoms in total. The number of esters is 1. The van der Waals surface area contributed by atoms with Gasteiger partial charge in [0.1, 0.15) is 12.2 Å². The first-order valence-electron chi connectivity index (χ1n) is 9.79. The molecule has 142 valence electrons. The van der Waals surface area contributed by atoms with Gasteiger partial charge in [0.05, 0.1) is 24.2 Å². The van der Waals surface area contributed by atoms with Crippen LogP contribution in [0.15, 0.2) is 0 Å². The summed E-state index contributed by atoms with van der Waals surface area (Å²) in [6, 6.07) is 0. The molecule has 0 unspecified atom stereocenters. The standard InChI is InChI=1S/C20H32O5/c1-12-14(22)15(23)16-17(2,3)6-5-7-18(16,4)20(12)9-8-19(25-20)10-13(21)24-11-19/h12,14-16,22-23H,5-11H2,1-4H3/t12-,14+,15+,16-,18-,19-,20+/m0/s1. The van der Waals surface area contributed by atoms with E-state index in [-0.39, 0.29) is 28.6 Å². The topological polar surface area (TPSA) is 76.0 Å². The van der Waals surface area contributed by atoms with Crippen LogP contribution in [0.5, 0.6) is 0 Å². The molecule has 4 aliphatic rings. The van der Waals surface area contributed by atoms with Crippen LogP contribution >= 0.6 is 0 Å². The molecule has 0 aromatic heterocycles. The van der Waals surface area contributed by atoms with E-state index in [1.807, 2.05) is 6.92 Å². The number of hydrogen-bond donors (Lipinski definition) is 2. The molecule has 2 aliphatic carbocycles. The lowest BCUT2D eigenvalue weighted by atomic mass is 9.43. The minimum Gasteiger partial charge on any atom is -0.463 e. The first-order valence-corrected chi connectivity index (χ1v) is 9.79. The van der Waals surface area contributed by atoms with Crippen molar-refractivity contribution in [3.8, 4) is 0 Å². The first-order chi connectivity index (χ1) is 11.6. The molecule has 0 aromatic rings. The van der Waals surface area contributed by atoms with Crippen molar-refractivity contribution in [1.29, 1.82) is 0 Å². The molecule has 2 heterocycles. The zero-order valence-corrected chi connectivity index (χ0v) is 15.9. The van der Waals surface area contributed by atoms with Crippen LogP contribution < -0.4 is 0 Å². The summed E-state index contributed by atoms with van der Waals surface area (Å²) in [5.41, 5.74) is -1.33. The summed E-state index contributed by atoms with van der Waals surface area (Å²) in [7, 11) is 0. The molecular formula is C20H32O5. The number of aliphatic hydroxyl groups is 2. The maximum Gasteiger partial charge on any atom is 0.308 e. The smallest absolute Gasteiger partial charge is 0.308 e. The summed E-state index contributed by atoms with van der Waals surface area (Å²) in [5.74, 6) is -0.382. The Balaban J connectivity index is 1.79. The lowest BCUT2D eigenvalue weighted by Gasteiger charge is -2.66. The Morgan fingerprint density at radius 1 is 1.04 bits per heavy atom.